The second kappa shape index (κ2) is 12.0. The van der Waals surface area contributed by atoms with Crippen LogP contribution in [0.4, 0.5) is 0 Å². The quantitative estimate of drug-likeness (QED) is 0.552. The SMILES string of the molecule is C.CC.CCCCC1CCCCC1. The van der Waals surface area contributed by atoms with Gasteiger partial charge < -0.3 is 0 Å². The first-order valence-corrected chi connectivity index (χ1v) is 5.93. The van der Waals surface area contributed by atoms with E-state index in [9.17, 15) is 0 Å². The first-order chi connectivity index (χ1) is 5.93. The molecule has 0 aliphatic heterocycles. The van der Waals surface area contributed by atoms with Gasteiger partial charge >= 0.3 is 0 Å². The summed E-state index contributed by atoms with van der Waals surface area (Å²) in [4.78, 5) is 0. The van der Waals surface area contributed by atoms with Crippen molar-refractivity contribution in [2.75, 3.05) is 0 Å². The van der Waals surface area contributed by atoms with Gasteiger partial charge in [0.15, 0.2) is 0 Å². The van der Waals surface area contributed by atoms with Gasteiger partial charge in [-0.3, -0.25) is 0 Å². The van der Waals surface area contributed by atoms with Gasteiger partial charge in [-0.15, -0.1) is 0 Å². The monoisotopic (exact) mass is 186 g/mol. The number of rotatable bonds is 3. The van der Waals surface area contributed by atoms with E-state index in [1.807, 2.05) is 13.8 Å². The third kappa shape index (κ3) is 8.33. The minimum absolute atomic E-state index is 0. The van der Waals surface area contributed by atoms with Crippen LogP contribution in [0.5, 0.6) is 0 Å². The molecule has 82 valence electrons. The van der Waals surface area contributed by atoms with Crippen molar-refractivity contribution in [3.8, 4) is 0 Å². The van der Waals surface area contributed by atoms with Gasteiger partial charge in [0.05, 0.1) is 0 Å². The van der Waals surface area contributed by atoms with Crippen LogP contribution in [0.15, 0.2) is 0 Å². The van der Waals surface area contributed by atoms with Crippen LogP contribution >= 0.6 is 0 Å². The highest BCUT2D eigenvalue weighted by Crippen LogP contribution is 2.27. The minimum atomic E-state index is 0. The van der Waals surface area contributed by atoms with Crippen LogP contribution in [0.2, 0.25) is 0 Å². The Hall–Kier alpha value is 0. The molecule has 0 aromatic heterocycles. The Morgan fingerprint density at radius 1 is 1.00 bits per heavy atom. The van der Waals surface area contributed by atoms with Crippen molar-refractivity contribution in [2.45, 2.75) is 79.6 Å². The van der Waals surface area contributed by atoms with Crippen LogP contribution in [0, 0.1) is 5.92 Å². The highest BCUT2D eigenvalue weighted by Gasteiger charge is 2.11. The summed E-state index contributed by atoms with van der Waals surface area (Å²) in [7, 11) is 0. The summed E-state index contributed by atoms with van der Waals surface area (Å²) in [5, 5.41) is 0. The fourth-order valence-electron chi connectivity index (χ4n) is 1.97. The van der Waals surface area contributed by atoms with Crippen molar-refractivity contribution in [2.24, 2.45) is 5.92 Å². The minimum Gasteiger partial charge on any atom is -0.0776 e. The highest BCUT2D eigenvalue weighted by atomic mass is 14.2. The van der Waals surface area contributed by atoms with Crippen LogP contribution < -0.4 is 0 Å². The fourth-order valence-corrected chi connectivity index (χ4v) is 1.97. The molecule has 0 spiro atoms. The lowest BCUT2D eigenvalue weighted by Crippen LogP contribution is -2.05. The van der Waals surface area contributed by atoms with E-state index in [1.165, 1.54) is 51.4 Å². The predicted octanol–water partition coefficient (Wildman–Crippen LogP) is 5.42. The van der Waals surface area contributed by atoms with Crippen molar-refractivity contribution in [3.63, 3.8) is 0 Å². The van der Waals surface area contributed by atoms with Crippen molar-refractivity contribution in [1.29, 1.82) is 0 Å². The van der Waals surface area contributed by atoms with Crippen LogP contribution in [0.25, 0.3) is 0 Å². The van der Waals surface area contributed by atoms with Crippen LogP contribution in [0.3, 0.4) is 0 Å². The molecule has 0 saturated heterocycles. The van der Waals surface area contributed by atoms with Crippen LogP contribution in [0.1, 0.15) is 79.6 Å². The normalized spacial score (nSPS) is 16.8. The van der Waals surface area contributed by atoms with Gasteiger partial charge in [-0.2, -0.15) is 0 Å². The summed E-state index contributed by atoms with van der Waals surface area (Å²) in [5.41, 5.74) is 0. The lowest BCUT2D eigenvalue weighted by Gasteiger charge is -2.20. The van der Waals surface area contributed by atoms with Gasteiger partial charge in [0, 0.05) is 0 Å². The van der Waals surface area contributed by atoms with Gasteiger partial charge in [-0.05, 0) is 5.92 Å². The molecule has 0 heteroatoms. The first kappa shape index (κ1) is 15.5. The van der Waals surface area contributed by atoms with Crippen molar-refractivity contribution in [3.05, 3.63) is 0 Å². The summed E-state index contributed by atoms with van der Waals surface area (Å²) >= 11 is 0. The van der Waals surface area contributed by atoms with Gasteiger partial charge in [0.1, 0.15) is 0 Å². The second-order valence-electron chi connectivity index (χ2n) is 3.65. The topological polar surface area (TPSA) is 0 Å². The maximum Gasteiger partial charge on any atom is -0.0414 e. The van der Waals surface area contributed by atoms with E-state index in [0.29, 0.717) is 0 Å². The van der Waals surface area contributed by atoms with E-state index < -0.39 is 0 Å². The highest BCUT2D eigenvalue weighted by molar-refractivity contribution is 4.65. The molecule has 0 atom stereocenters. The smallest absolute Gasteiger partial charge is 0.0414 e. The first-order valence-electron chi connectivity index (χ1n) is 5.93. The number of unbranched alkanes of at least 4 members (excludes halogenated alkanes) is 1. The fraction of sp³-hybridized carbons (Fsp3) is 1.00. The molecule has 0 aromatic rings. The standard InChI is InChI=1S/C10H20.C2H6.CH4/c1-2-3-7-10-8-5-4-6-9-10;1-2;/h10H,2-9H2,1H3;1-2H3;1H4. The Morgan fingerprint density at radius 2 is 1.54 bits per heavy atom. The Labute approximate surface area is 86.1 Å². The zero-order valence-corrected chi connectivity index (χ0v) is 9.23. The van der Waals surface area contributed by atoms with E-state index in [0.717, 1.165) is 5.92 Å². The molecule has 1 rings (SSSR count). The Kier molecular flexibility index (Phi) is 14.3. The molecular weight excluding hydrogens is 156 g/mol. The Morgan fingerprint density at radius 3 is 2.00 bits per heavy atom. The molecule has 1 aliphatic rings. The molecule has 0 amide bonds. The van der Waals surface area contributed by atoms with Crippen molar-refractivity contribution < 1.29 is 0 Å². The van der Waals surface area contributed by atoms with Crippen molar-refractivity contribution in [1.82, 2.24) is 0 Å². The summed E-state index contributed by atoms with van der Waals surface area (Å²) in [6, 6.07) is 0. The molecule has 0 heterocycles. The molecular formula is C13H30. The van der Waals surface area contributed by atoms with Gasteiger partial charge in [-0.25, -0.2) is 0 Å². The third-order valence-electron chi connectivity index (χ3n) is 2.69. The summed E-state index contributed by atoms with van der Waals surface area (Å²) in [6.45, 7) is 6.29. The lowest BCUT2D eigenvalue weighted by molar-refractivity contribution is 0.331. The predicted molar refractivity (Wildman–Crippen MR) is 64.2 cm³/mol. The van der Waals surface area contributed by atoms with Gasteiger partial charge in [0.25, 0.3) is 0 Å². The Balaban J connectivity index is 0. The molecule has 0 unspecified atom stereocenters. The van der Waals surface area contributed by atoms with Crippen LogP contribution in [-0.2, 0) is 0 Å². The second-order valence-corrected chi connectivity index (χ2v) is 3.65. The molecule has 0 bridgehead atoms. The van der Waals surface area contributed by atoms with Crippen LogP contribution in [-0.4, -0.2) is 0 Å². The zero-order chi connectivity index (χ0) is 9.23. The van der Waals surface area contributed by atoms with Gasteiger partial charge in [-0.1, -0.05) is 79.6 Å². The molecule has 1 aliphatic carbocycles. The third-order valence-corrected chi connectivity index (χ3v) is 2.69. The lowest BCUT2D eigenvalue weighted by atomic mass is 9.86. The maximum absolute atomic E-state index is 2.29. The number of hydrogen-bond donors (Lipinski definition) is 0. The van der Waals surface area contributed by atoms with E-state index in [-0.39, 0.29) is 7.43 Å². The molecule has 1 saturated carbocycles. The van der Waals surface area contributed by atoms with Crippen molar-refractivity contribution >= 4 is 0 Å². The molecule has 1 fully saturated rings. The molecule has 13 heavy (non-hydrogen) atoms. The average Bonchev–Trinajstić information content (AvgIpc) is 2.19. The number of hydrogen-bond acceptors (Lipinski definition) is 0. The van der Waals surface area contributed by atoms with E-state index in [2.05, 4.69) is 6.92 Å². The van der Waals surface area contributed by atoms with E-state index >= 15 is 0 Å². The van der Waals surface area contributed by atoms with E-state index in [1.54, 1.807) is 0 Å². The summed E-state index contributed by atoms with van der Waals surface area (Å²) in [5.74, 6) is 1.11. The Bertz CT molecular complexity index is 70.1. The average molecular weight is 186 g/mol. The summed E-state index contributed by atoms with van der Waals surface area (Å²) < 4.78 is 0. The van der Waals surface area contributed by atoms with Gasteiger partial charge in [0.2, 0.25) is 0 Å². The molecule has 0 nitrogen and oxygen atoms in total. The molecule has 0 radical (unpaired) electrons. The van der Waals surface area contributed by atoms with E-state index in [4.69, 9.17) is 0 Å². The zero-order valence-electron chi connectivity index (χ0n) is 9.23. The maximum atomic E-state index is 2.29. The largest absolute Gasteiger partial charge is 0.0776 e. The molecule has 0 aromatic carbocycles. The molecule has 0 N–H and O–H groups in total. The summed E-state index contributed by atoms with van der Waals surface area (Å²) in [6.07, 6.45) is 11.9.